The molecule has 1 aromatic carbocycles. The van der Waals surface area contributed by atoms with Crippen molar-refractivity contribution in [1.82, 2.24) is 30.4 Å². The van der Waals surface area contributed by atoms with Gasteiger partial charge in [0.1, 0.15) is 0 Å². The lowest BCUT2D eigenvalue weighted by Gasteiger charge is -2.29. The molecule has 2 N–H and O–H groups in total. The summed E-state index contributed by atoms with van der Waals surface area (Å²) in [4.78, 5) is 14.4. The summed E-state index contributed by atoms with van der Waals surface area (Å²) >= 11 is 0. The van der Waals surface area contributed by atoms with Gasteiger partial charge in [0.2, 0.25) is 0 Å². The van der Waals surface area contributed by atoms with Crippen LogP contribution in [0.2, 0.25) is 0 Å². The first kappa shape index (κ1) is 16.0. The van der Waals surface area contributed by atoms with Crippen LogP contribution < -0.4 is 10.6 Å². The highest BCUT2D eigenvalue weighted by molar-refractivity contribution is 5.89. The van der Waals surface area contributed by atoms with Crippen molar-refractivity contribution in [3.8, 4) is 11.4 Å². The molecule has 2 aromatic rings. The minimum atomic E-state index is -0.148. The molecule has 1 aliphatic heterocycles. The Morgan fingerprint density at radius 3 is 2.52 bits per heavy atom. The SMILES string of the molecule is CN1CCC(NC(=O)Nc2ccc(-c3nnnn3C3CC3)cc2)CC1. The van der Waals surface area contributed by atoms with Crippen molar-refractivity contribution in [1.29, 1.82) is 0 Å². The predicted molar refractivity (Wildman–Crippen MR) is 94.2 cm³/mol. The lowest BCUT2D eigenvalue weighted by Crippen LogP contribution is -2.44. The molecule has 0 unspecified atom stereocenters. The van der Waals surface area contributed by atoms with Gasteiger partial charge in [-0.2, -0.15) is 0 Å². The van der Waals surface area contributed by atoms with Crippen LogP contribution >= 0.6 is 0 Å². The largest absolute Gasteiger partial charge is 0.335 e. The van der Waals surface area contributed by atoms with Crippen molar-refractivity contribution in [2.45, 2.75) is 37.8 Å². The lowest BCUT2D eigenvalue weighted by atomic mass is 10.1. The highest BCUT2D eigenvalue weighted by atomic mass is 16.2. The van der Waals surface area contributed by atoms with Gasteiger partial charge in [-0.05, 0) is 80.5 Å². The summed E-state index contributed by atoms with van der Waals surface area (Å²) in [5.41, 5.74) is 1.72. The summed E-state index contributed by atoms with van der Waals surface area (Å²) in [5, 5.41) is 17.9. The van der Waals surface area contributed by atoms with Gasteiger partial charge in [-0.15, -0.1) is 5.10 Å². The van der Waals surface area contributed by atoms with E-state index < -0.39 is 0 Å². The Morgan fingerprint density at radius 1 is 1.12 bits per heavy atom. The Labute approximate surface area is 146 Å². The highest BCUT2D eigenvalue weighted by Crippen LogP contribution is 2.36. The van der Waals surface area contributed by atoms with Crippen LogP contribution in [-0.2, 0) is 0 Å². The van der Waals surface area contributed by atoms with E-state index >= 15 is 0 Å². The van der Waals surface area contributed by atoms with Gasteiger partial charge in [0, 0.05) is 17.3 Å². The molecule has 8 heteroatoms. The molecule has 0 atom stereocenters. The van der Waals surface area contributed by atoms with Crippen LogP contribution in [0, 0.1) is 0 Å². The third-order valence-corrected chi connectivity index (χ3v) is 4.84. The normalized spacial score (nSPS) is 18.9. The average molecular weight is 341 g/mol. The van der Waals surface area contributed by atoms with Gasteiger partial charge >= 0.3 is 6.03 Å². The molecule has 1 saturated heterocycles. The maximum Gasteiger partial charge on any atom is 0.319 e. The van der Waals surface area contributed by atoms with E-state index in [2.05, 4.69) is 38.1 Å². The number of likely N-dealkylation sites (tertiary alicyclic amines) is 1. The standard InChI is InChI=1S/C17H23N7O/c1-23-10-8-14(9-11-23)19-17(25)18-13-4-2-12(3-5-13)16-20-21-22-24(16)15-6-7-15/h2-5,14-15H,6-11H2,1H3,(H2,18,19,25). The first-order valence-corrected chi connectivity index (χ1v) is 8.83. The van der Waals surface area contributed by atoms with E-state index in [1.54, 1.807) is 0 Å². The number of carbonyl (C=O) groups is 1. The molecule has 1 saturated carbocycles. The zero-order valence-electron chi connectivity index (χ0n) is 14.4. The molecule has 2 amide bonds. The lowest BCUT2D eigenvalue weighted by molar-refractivity contribution is 0.221. The van der Waals surface area contributed by atoms with Gasteiger partial charge in [-0.3, -0.25) is 0 Å². The van der Waals surface area contributed by atoms with E-state index in [0.717, 1.165) is 55.8 Å². The van der Waals surface area contributed by atoms with Crippen molar-refractivity contribution in [2.75, 3.05) is 25.5 Å². The van der Waals surface area contributed by atoms with Gasteiger partial charge in [0.05, 0.1) is 6.04 Å². The van der Waals surface area contributed by atoms with E-state index in [4.69, 9.17) is 0 Å². The maximum absolute atomic E-state index is 12.2. The zero-order valence-corrected chi connectivity index (χ0v) is 14.4. The molecule has 2 fully saturated rings. The molecular formula is C17H23N7O. The number of tetrazole rings is 1. The predicted octanol–water partition coefficient (Wildman–Crippen LogP) is 1.89. The number of hydrogen-bond acceptors (Lipinski definition) is 5. The number of urea groups is 1. The van der Waals surface area contributed by atoms with E-state index in [0.29, 0.717) is 6.04 Å². The summed E-state index contributed by atoms with van der Waals surface area (Å²) in [6, 6.07) is 8.18. The van der Waals surface area contributed by atoms with Gasteiger partial charge < -0.3 is 15.5 Å². The van der Waals surface area contributed by atoms with Gasteiger partial charge in [-0.1, -0.05) is 0 Å². The fourth-order valence-electron chi connectivity index (χ4n) is 3.16. The average Bonchev–Trinajstić information content (AvgIpc) is 3.34. The van der Waals surface area contributed by atoms with Crippen molar-refractivity contribution in [3.05, 3.63) is 24.3 Å². The summed E-state index contributed by atoms with van der Waals surface area (Å²) in [6.07, 6.45) is 4.25. The number of hydrogen-bond donors (Lipinski definition) is 2. The molecule has 0 bridgehead atoms. The summed E-state index contributed by atoms with van der Waals surface area (Å²) in [5.74, 6) is 0.782. The second-order valence-corrected chi connectivity index (χ2v) is 6.93. The minimum Gasteiger partial charge on any atom is -0.335 e. The third kappa shape index (κ3) is 3.79. The Morgan fingerprint density at radius 2 is 1.84 bits per heavy atom. The first-order chi connectivity index (χ1) is 12.2. The molecular weight excluding hydrogens is 318 g/mol. The van der Waals surface area contributed by atoms with E-state index in [1.807, 2.05) is 28.9 Å². The first-order valence-electron chi connectivity index (χ1n) is 8.83. The number of aromatic nitrogens is 4. The van der Waals surface area contributed by atoms with Gasteiger partial charge in [0.25, 0.3) is 0 Å². The van der Waals surface area contributed by atoms with E-state index in [9.17, 15) is 4.79 Å². The Kier molecular flexibility index (Phi) is 4.35. The summed E-state index contributed by atoms with van der Waals surface area (Å²) in [7, 11) is 2.11. The Bertz CT molecular complexity index is 730. The van der Waals surface area contributed by atoms with Crippen molar-refractivity contribution < 1.29 is 4.79 Å². The van der Waals surface area contributed by atoms with Gasteiger partial charge in [0.15, 0.2) is 5.82 Å². The molecule has 0 radical (unpaired) electrons. The van der Waals surface area contributed by atoms with Crippen LogP contribution in [0.5, 0.6) is 0 Å². The van der Waals surface area contributed by atoms with Crippen LogP contribution in [0.25, 0.3) is 11.4 Å². The number of piperidine rings is 1. The molecule has 1 aromatic heterocycles. The topological polar surface area (TPSA) is 88.0 Å². The number of nitrogens with zero attached hydrogens (tertiary/aromatic N) is 5. The van der Waals surface area contributed by atoms with Crippen LogP contribution in [0.1, 0.15) is 31.7 Å². The molecule has 0 spiro atoms. The van der Waals surface area contributed by atoms with Crippen molar-refractivity contribution in [2.24, 2.45) is 0 Å². The quantitative estimate of drug-likeness (QED) is 0.887. The van der Waals surface area contributed by atoms with Gasteiger partial charge in [-0.25, -0.2) is 9.48 Å². The fraction of sp³-hybridized carbons (Fsp3) is 0.529. The molecule has 1 aliphatic carbocycles. The minimum absolute atomic E-state index is 0.148. The number of nitrogens with one attached hydrogen (secondary N) is 2. The van der Waals surface area contributed by atoms with Crippen LogP contribution in [0.4, 0.5) is 10.5 Å². The third-order valence-electron chi connectivity index (χ3n) is 4.84. The molecule has 25 heavy (non-hydrogen) atoms. The summed E-state index contributed by atoms with van der Waals surface area (Å²) in [6.45, 7) is 2.05. The van der Waals surface area contributed by atoms with E-state index in [1.165, 1.54) is 0 Å². The number of amides is 2. The number of benzene rings is 1. The van der Waals surface area contributed by atoms with E-state index in [-0.39, 0.29) is 12.1 Å². The molecule has 132 valence electrons. The molecule has 2 aliphatic rings. The highest BCUT2D eigenvalue weighted by Gasteiger charge is 2.28. The molecule has 8 nitrogen and oxygen atoms in total. The second kappa shape index (κ2) is 6.79. The van der Waals surface area contributed by atoms with Crippen LogP contribution in [0.3, 0.4) is 0 Å². The van der Waals surface area contributed by atoms with Crippen LogP contribution in [0.15, 0.2) is 24.3 Å². The smallest absolute Gasteiger partial charge is 0.319 e. The fourth-order valence-corrected chi connectivity index (χ4v) is 3.16. The monoisotopic (exact) mass is 341 g/mol. The Balaban J connectivity index is 1.35. The van der Waals surface area contributed by atoms with Crippen LogP contribution in [-0.4, -0.2) is 57.3 Å². The second-order valence-electron chi connectivity index (χ2n) is 6.93. The number of anilines is 1. The number of rotatable bonds is 4. The van der Waals surface area contributed by atoms with Crippen molar-refractivity contribution >= 4 is 11.7 Å². The Hall–Kier alpha value is -2.48. The zero-order chi connectivity index (χ0) is 17.2. The maximum atomic E-state index is 12.2. The van der Waals surface area contributed by atoms with Crippen molar-refractivity contribution in [3.63, 3.8) is 0 Å². The summed E-state index contributed by atoms with van der Waals surface area (Å²) < 4.78 is 1.88. The molecule has 4 rings (SSSR count). The molecule has 2 heterocycles. The number of carbonyl (C=O) groups excluding carboxylic acids is 1.